The van der Waals surface area contributed by atoms with Gasteiger partial charge in [-0.2, -0.15) is 0 Å². The Labute approximate surface area is 833 Å². The molecule has 0 unspecified atom stereocenters. The molecule has 4 heteroatoms. The molecule has 0 saturated carbocycles. The van der Waals surface area contributed by atoms with E-state index in [1.165, 1.54) is 231 Å². The van der Waals surface area contributed by atoms with Gasteiger partial charge in [0.2, 0.25) is 0 Å². The standard InChI is InChI=1S/C76H44N2.C64H40N2/c1-5-17-53-49(13-1)57-21-9-25-65-69(41-37-61(53)73(57)65)77(70-42-38-62-54-18-6-2-14-50(54)58-22-10-26-66(70)74(58)62)47-33-29-45(30-34-47)46-31-35-48(36-32-46)78(71-43-39-63-55-19-7-3-15-51(55)59-23-11-27-67(71)75(59)63)72-44-40-64-56-20-8-4-16-52(56)60-24-12-28-68(72)76(60)64;1-3-17-47-43(13-1)15-9-27-59(47)65(61-39-37-55-51-21-7-5-19-49(51)53-23-11-25-57(61)63(53)55)45-33-29-41(30-34-45)42-31-35-46(36-32-42)66(60-28-10-16-44-14-2-4-18-48(44)60)62-40-38-56-52-22-8-6-20-50(52)54-24-12-26-58(62)64(54)56/h1-44H;1-40H. The highest BCUT2D eigenvalue weighted by atomic mass is 15.2. The molecule has 0 N–H and O–H groups in total. The third-order valence-corrected chi connectivity index (χ3v) is 31.8. The van der Waals surface area contributed by atoms with Gasteiger partial charge in [0, 0.05) is 65.8 Å². The summed E-state index contributed by atoms with van der Waals surface area (Å²) >= 11 is 0. The summed E-state index contributed by atoms with van der Waals surface area (Å²) in [7, 11) is 0. The fraction of sp³-hybridized carbons (Fsp3) is 0. The second-order valence-electron chi connectivity index (χ2n) is 39.0. The van der Waals surface area contributed by atoms with E-state index in [9.17, 15) is 0 Å². The van der Waals surface area contributed by atoms with Gasteiger partial charge in [-0.05, 0) is 296 Å². The number of hydrogen-bond donors (Lipinski definition) is 0. The first kappa shape index (κ1) is 80.0. The Bertz CT molecular complexity index is 9010. The molecule has 0 bridgehead atoms. The lowest BCUT2D eigenvalue weighted by Crippen LogP contribution is -2.11. The highest BCUT2D eigenvalue weighted by Crippen LogP contribution is 2.61. The van der Waals surface area contributed by atoms with Crippen LogP contribution in [0.15, 0.2) is 510 Å². The lowest BCUT2D eigenvalue weighted by molar-refractivity contribution is 1.31. The molecule has 26 aromatic rings. The first-order valence-electron chi connectivity index (χ1n) is 50.0. The van der Waals surface area contributed by atoms with E-state index in [0.29, 0.717) is 0 Å². The molecule has 0 radical (unpaired) electrons. The summed E-state index contributed by atoms with van der Waals surface area (Å²) in [6.07, 6.45) is 0. The van der Waals surface area contributed by atoms with E-state index < -0.39 is 0 Å². The molecule has 0 heterocycles. The Hall–Kier alpha value is -19.0. The quantitative estimate of drug-likeness (QED) is 0.108. The largest absolute Gasteiger partial charge is 0.309 e. The average molecular weight is 1820 g/mol. The summed E-state index contributed by atoms with van der Waals surface area (Å²) < 4.78 is 0. The van der Waals surface area contributed by atoms with E-state index in [4.69, 9.17) is 0 Å². The van der Waals surface area contributed by atoms with Crippen molar-refractivity contribution in [2.24, 2.45) is 0 Å². The fourth-order valence-electron chi connectivity index (χ4n) is 25.6. The Morgan fingerprint density at radius 2 is 0.229 bits per heavy atom. The van der Waals surface area contributed by atoms with Crippen LogP contribution in [0.4, 0.5) is 68.2 Å². The zero-order valence-electron chi connectivity index (χ0n) is 78.3. The van der Waals surface area contributed by atoms with Crippen LogP contribution in [0.2, 0.25) is 0 Å². The predicted molar refractivity (Wildman–Crippen MR) is 609 cm³/mol. The van der Waals surface area contributed by atoms with E-state index in [0.717, 1.165) is 79.4 Å². The minimum atomic E-state index is 1.11. The SMILES string of the molecule is c1ccc2c(c1)-c1cccc3c(N(c4ccc(-c5ccc(N(c6ccc7c8c(cccc68)-c6ccccc6-7)c6ccc7c8c(cccc68)-c6ccccc6-7)cc5)cc4)c4ccc5c6c(cccc46)-c4ccccc4-5)ccc-2c13.c1ccc2c(c1)-c1cccc3c(N(c4ccc(-c5ccc(N(c6cccc7ccccc67)c6ccc7c8c(cccc68)-c6ccccc6-7)cc5)cc4)c4cccc5ccccc45)ccc-2c13. The number of fused-ring (bicyclic) bond motifs is 20. The van der Waals surface area contributed by atoms with E-state index in [1.807, 2.05) is 0 Å². The number of benzene rings is 26. The first-order chi connectivity index (χ1) is 71.5. The van der Waals surface area contributed by atoms with Crippen molar-refractivity contribution in [3.63, 3.8) is 0 Å². The van der Waals surface area contributed by atoms with Crippen LogP contribution < -0.4 is 19.6 Å². The van der Waals surface area contributed by atoms with Crippen LogP contribution in [0, 0.1) is 0 Å². The molecule has 4 nitrogen and oxygen atoms in total. The van der Waals surface area contributed by atoms with Gasteiger partial charge in [-0.1, -0.05) is 413 Å². The predicted octanol–water partition coefficient (Wildman–Crippen LogP) is 39.7. The topological polar surface area (TPSA) is 13.0 Å². The molecule has 0 spiro atoms. The molecule has 664 valence electrons. The molecular formula is C140H84N4. The minimum Gasteiger partial charge on any atom is -0.309 e. The normalized spacial score (nSPS) is 12.2. The zero-order chi connectivity index (χ0) is 94.0. The lowest BCUT2D eigenvalue weighted by Gasteiger charge is -2.29. The van der Waals surface area contributed by atoms with Gasteiger partial charge in [0.15, 0.2) is 0 Å². The fourth-order valence-corrected chi connectivity index (χ4v) is 25.6. The number of nitrogens with zero attached hydrogens (tertiary/aromatic N) is 4. The number of rotatable bonds is 14. The first-order valence-corrected chi connectivity index (χ1v) is 50.0. The van der Waals surface area contributed by atoms with Gasteiger partial charge in [-0.15, -0.1) is 0 Å². The molecule has 0 amide bonds. The van der Waals surface area contributed by atoms with Crippen LogP contribution in [0.25, 0.3) is 242 Å². The summed E-state index contributed by atoms with van der Waals surface area (Å²) in [6.45, 7) is 0. The van der Waals surface area contributed by atoms with Gasteiger partial charge >= 0.3 is 0 Å². The lowest BCUT2D eigenvalue weighted by atomic mass is 9.97. The van der Waals surface area contributed by atoms with Gasteiger partial charge in [-0.25, -0.2) is 0 Å². The van der Waals surface area contributed by atoms with Crippen molar-refractivity contribution in [1.82, 2.24) is 0 Å². The summed E-state index contributed by atoms with van der Waals surface area (Å²) in [4.78, 5) is 9.94. The van der Waals surface area contributed by atoms with Gasteiger partial charge in [0.25, 0.3) is 0 Å². The maximum Gasteiger partial charge on any atom is 0.0540 e. The molecule has 0 atom stereocenters. The summed E-state index contributed by atoms with van der Waals surface area (Å²) in [5.41, 5.74) is 49.6. The van der Waals surface area contributed by atoms with Crippen LogP contribution in [-0.4, -0.2) is 0 Å². The molecular weight excluding hydrogens is 1740 g/mol. The van der Waals surface area contributed by atoms with Crippen LogP contribution in [-0.2, 0) is 0 Å². The average Bonchev–Trinajstić information content (AvgIpc) is 1.54. The van der Waals surface area contributed by atoms with E-state index in [2.05, 4.69) is 529 Å². The van der Waals surface area contributed by atoms with Gasteiger partial charge in [0.1, 0.15) is 0 Å². The third-order valence-electron chi connectivity index (χ3n) is 31.8. The van der Waals surface area contributed by atoms with Crippen molar-refractivity contribution in [2.45, 2.75) is 0 Å². The Balaban J connectivity index is 0.000000133. The van der Waals surface area contributed by atoms with Crippen molar-refractivity contribution in [2.75, 3.05) is 19.6 Å². The van der Waals surface area contributed by atoms with Crippen molar-refractivity contribution in [3.8, 4) is 156 Å². The van der Waals surface area contributed by atoms with Crippen molar-refractivity contribution in [1.29, 1.82) is 0 Å². The van der Waals surface area contributed by atoms with Gasteiger partial charge in [-0.3, -0.25) is 0 Å². The molecule has 32 rings (SSSR count). The zero-order valence-corrected chi connectivity index (χ0v) is 78.3. The Morgan fingerprint density at radius 3 is 0.424 bits per heavy atom. The van der Waals surface area contributed by atoms with Crippen LogP contribution in [0.5, 0.6) is 0 Å². The van der Waals surface area contributed by atoms with Gasteiger partial charge in [0.05, 0.1) is 45.5 Å². The van der Waals surface area contributed by atoms with E-state index in [-0.39, 0.29) is 0 Å². The molecule has 0 aromatic heterocycles. The van der Waals surface area contributed by atoms with Crippen LogP contribution in [0.3, 0.4) is 0 Å². The molecule has 0 aliphatic heterocycles. The second-order valence-corrected chi connectivity index (χ2v) is 39.0. The summed E-state index contributed by atoms with van der Waals surface area (Å²) in [5.74, 6) is 0. The number of hydrogen-bond acceptors (Lipinski definition) is 4. The van der Waals surface area contributed by atoms with Crippen molar-refractivity contribution < 1.29 is 0 Å². The molecule has 0 saturated heterocycles. The van der Waals surface area contributed by atoms with Crippen LogP contribution in [0.1, 0.15) is 0 Å². The number of anilines is 12. The molecule has 6 aliphatic carbocycles. The highest BCUT2D eigenvalue weighted by molar-refractivity contribution is 6.28. The van der Waals surface area contributed by atoms with Crippen LogP contribution >= 0.6 is 0 Å². The van der Waals surface area contributed by atoms with E-state index >= 15 is 0 Å². The molecule has 26 aromatic carbocycles. The molecule has 0 fully saturated rings. The molecule has 6 aliphatic rings. The van der Waals surface area contributed by atoms with E-state index in [1.54, 1.807) is 0 Å². The Morgan fingerprint density at radius 1 is 0.0903 bits per heavy atom. The van der Waals surface area contributed by atoms with Crippen molar-refractivity contribution >= 4 is 154 Å². The van der Waals surface area contributed by atoms with Crippen molar-refractivity contribution in [3.05, 3.63) is 510 Å². The summed E-state index contributed by atoms with van der Waals surface area (Å²) in [6, 6.07) is 190. The van der Waals surface area contributed by atoms with Gasteiger partial charge < -0.3 is 19.6 Å². The Kier molecular flexibility index (Phi) is 17.4. The highest BCUT2D eigenvalue weighted by Gasteiger charge is 2.35. The monoisotopic (exact) mass is 1820 g/mol. The maximum atomic E-state index is 2.51. The smallest absolute Gasteiger partial charge is 0.0540 e. The third kappa shape index (κ3) is 11.7. The summed E-state index contributed by atoms with van der Waals surface area (Å²) in [5, 5.41) is 20.2. The maximum absolute atomic E-state index is 2.51. The minimum absolute atomic E-state index is 1.11. The second kappa shape index (κ2) is 31.3. The molecule has 144 heavy (non-hydrogen) atoms.